The molecule has 1 N–H and O–H groups in total. The summed E-state index contributed by atoms with van der Waals surface area (Å²) < 4.78 is 0. The Bertz CT molecular complexity index is 190. The molecule has 0 spiro atoms. The van der Waals surface area contributed by atoms with Gasteiger partial charge < -0.3 is 9.94 Å². The summed E-state index contributed by atoms with van der Waals surface area (Å²) >= 11 is 0. The van der Waals surface area contributed by atoms with Crippen molar-refractivity contribution in [1.29, 1.82) is 0 Å². The van der Waals surface area contributed by atoms with Crippen LogP contribution in [0.2, 0.25) is 0 Å². The maximum absolute atomic E-state index is 10.1. The number of aliphatic hydroxyl groups is 1. The summed E-state index contributed by atoms with van der Waals surface area (Å²) in [5.41, 5.74) is 0.0406. The van der Waals surface area contributed by atoms with E-state index in [0.29, 0.717) is 0 Å². The highest BCUT2D eigenvalue weighted by atomic mass is 16.7. The van der Waals surface area contributed by atoms with Gasteiger partial charge in [0.2, 0.25) is 0 Å². The number of rotatable bonds is 6. The van der Waals surface area contributed by atoms with Crippen LogP contribution in [0, 0.1) is 5.41 Å². The van der Waals surface area contributed by atoms with Gasteiger partial charge >= 0.3 is 0 Å². The van der Waals surface area contributed by atoms with Gasteiger partial charge in [0, 0.05) is 12.5 Å². The van der Waals surface area contributed by atoms with Gasteiger partial charge in [0.15, 0.2) is 0 Å². The van der Waals surface area contributed by atoms with E-state index in [9.17, 15) is 5.11 Å². The van der Waals surface area contributed by atoms with E-state index in [-0.39, 0.29) is 5.41 Å². The van der Waals surface area contributed by atoms with Crippen molar-refractivity contribution >= 4 is 0 Å². The minimum absolute atomic E-state index is 0.0406. The molecule has 0 bridgehead atoms. The number of allylic oxidation sites excluding steroid dienone is 1. The molecule has 0 heterocycles. The maximum atomic E-state index is 10.1. The van der Waals surface area contributed by atoms with E-state index in [4.69, 9.17) is 4.84 Å². The van der Waals surface area contributed by atoms with Crippen LogP contribution in [0.3, 0.4) is 0 Å². The van der Waals surface area contributed by atoms with Crippen LogP contribution in [0.25, 0.3) is 0 Å². The first-order valence-corrected chi connectivity index (χ1v) is 5.22. The predicted molar refractivity (Wildman–Crippen MR) is 56.5 cm³/mol. The Morgan fingerprint density at radius 2 is 2.29 bits per heavy atom. The predicted octanol–water partition coefficient (Wildman–Crippen LogP) is 1.93. The Balaban J connectivity index is 2.54. The zero-order valence-corrected chi connectivity index (χ0v) is 9.20. The molecule has 0 aliphatic heterocycles. The van der Waals surface area contributed by atoms with Gasteiger partial charge in [0.1, 0.15) is 6.23 Å². The van der Waals surface area contributed by atoms with Crippen molar-refractivity contribution in [3.05, 3.63) is 12.7 Å². The van der Waals surface area contributed by atoms with E-state index in [2.05, 4.69) is 6.58 Å². The molecule has 0 aromatic rings. The van der Waals surface area contributed by atoms with E-state index >= 15 is 0 Å². The summed E-state index contributed by atoms with van der Waals surface area (Å²) in [4.78, 5) is 5.03. The first-order chi connectivity index (χ1) is 6.66. The van der Waals surface area contributed by atoms with Crippen molar-refractivity contribution in [2.75, 3.05) is 14.2 Å². The lowest BCUT2D eigenvalue weighted by atomic mass is 9.64. The molecule has 0 aromatic heterocycles. The highest BCUT2D eigenvalue weighted by molar-refractivity contribution is 4.93. The molecule has 1 aliphatic rings. The van der Waals surface area contributed by atoms with Crippen LogP contribution in [-0.2, 0) is 4.84 Å². The lowest BCUT2D eigenvalue weighted by Gasteiger charge is -2.47. The normalized spacial score (nSPS) is 21.7. The SMILES string of the molecule is C=CCCC1(C(O)N(C)OC)CCC1. The van der Waals surface area contributed by atoms with Gasteiger partial charge in [-0.3, -0.25) is 0 Å². The molecule has 1 saturated carbocycles. The van der Waals surface area contributed by atoms with Gasteiger partial charge in [0.25, 0.3) is 0 Å². The molecule has 3 nitrogen and oxygen atoms in total. The summed E-state index contributed by atoms with van der Waals surface area (Å²) in [6, 6.07) is 0. The maximum Gasteiger partial charge on any atom is 0.135 e. The average molecular weight is 199 g/mol. The number of hydroxylamine groups is 2. The number of nitrogens with zero attached hydrogens (tertiary/aromatic N) is 1. The molecule has 0 amide bonds. The molecule has 1 rings (SSSR count). The van der Waals surface area contributed by atoms with Crippen molar-refractivity contribution in [2.45, 2.75) is 38.3 Å². The van der Waals surface area contributed by atoms with E-state index in [1.54, 1.807) is 19.2 Å². The first kappa shape index (κ1) is 11.7. The zero-order valence-electron chi connectivity index (χ0n) is 9.20. The monoisotopic (exact) mass is 199 g/mol. The summed E-state index contributed by atoms with van der Waals surface area (Å²) in [7, 11) is 3.36. The molecule has 3 heteroatoms. The Morgan fingerprint density at radius 3 is 2.64 bits per heavy atom. The molecule has 82 valence electrons. The van der Waals surface area contributed by atoms with Crippen LogP contribution >= 0.6 is 0 Å². The molecule has 0 saturated heterocycles. The minimum Gasteiger partial charge on any atom is -0.376 e. The van der Waals surface area contributed by atoms with Crippen molar-refractivity contribution < 1.29 is 9.94 Å². The molecule has 0 aromatic carbocycles. The van der Waals surface area contributed by atoms with Crippen LogP contribution in [-0.4, -0.2) is 30.6 Å². The lowest BCUT2D eigenvalue weighted by Crippen LogP contribution is -2.49. The van der Waals surface area contributed by atoms with Gasteiger partial charge in [0.05, 0.1) is 7.11 Å². The number of aliphatic hydroxyl groups excluding tert-OH is 1. The summed E-state index contributed by atoms with van der Waals surface area (Å²) in [6.07, 6.45) is 6.80. The topological polar surface area (TPSA) is 32.7 Å². The number of hydrogen-bond donors (Lipinski definition) is 1. The van der Waals surface area contributed by atoms with Gasteiger partial charge in [-0.1, -0.05) is 12.5 Å². The van der Waals surface area contributed by atoms with Crippen LogP contribution in [0.15, 0.2) is 12.7 Å². The molecule has 1 unspecified atom stereocenters. The molecule has 0 radical (unpaired) electrons. The van der Waals surface area contributed by atoms with Gasteiger partial charge in [-0.15, -0.1) is 6.58 Å². The Hall–Kier alpha value is -0.380. The summed E-state index contributed by atoms with van der Waals surface area (Å²) in [5, 5.41) is 11.6. The van der Waals surface area contributed by atoms with Crippen molar-refractivity contribution in [3.8, 4) is 0 Å². The number of hydrogen-bond acceptors (Lipinski definition) is 3. The van der Waals surface area contributed by atoms with Crippen molar-refractivity contribution in [2.24, 2.45) is 5.41 Å². The third-order valence-electron chi connectivity index (χ3n) is 3.38. The largest absolute Gasteiger partial charge is 0.376 e. The highest BCUT2D eigenvalue weighted by Gasteiger charge is 2.44. The average Bonchev–Trinajstić information content (AvgIpc) is 2.15. The first-order valence-electron chi connectivity index (χ1n) is 5.22. The van der Waals surface area contributed by atoms with Crippen molar-refractivity contribution in [3.63, 3.8) is 0 Å². The molecule has 1 atom stereocenters. The standard InChI is InChI=1S/C11H21NO2/c1-4-5-7-11(8-6-9-11)10(13)12(2)14-3/h4,10,13H,1,5-9H2,2-3H3. The van der Waals surface area contributed by atoms with E-state index < -0.39 is 6.23 Å². The summed E-state index contributed by atoms with van der Waals surface area (Å²) in [6.45, 7) is 3.72. The second kappa shape index (κ2) is 4.91. The van der Waals surface area contributed by atoms with E-state index in [1.807, 2.05) is 6.08 Å². The molecule has 1 aliphatic carbocycles. The van der Waals surface area contributed by atoms with E-state index in [0.717, 1.165) is 25.7 Å². The fraction of sp³-hybridized carbons (Fsp3) is 0.818. The minimum atomic E-state index is -0.485. The molecular formula is C11H21NO2. The third kappa shape index (κ3) is 2.16. The highest BCUT2D eigenvalue weighted by Crippen LogP contribution is 2.48. The molecule has 14 heavy (non-hydrogen) atoms. The smallest absolute Gasteiger partial charge is 0.135 e. The van der Waals surface area contributed by atoms with Crippen LogP contribution in [0.4, 0.5) is 0 Å². The second-order valence-electron chi connectivity index (χ2n) is 4.15. The van der Waals surface area contributed by atoms with E-state index in [1.165, 1.54) is 6.42 Å². The van der Waals surface area contributed by atoms with Crippen LogP contribution in [0.1, 0.15) is 32.1 Å². The third-order valence-corrected chi connectivity index (χ3v) is 3.38. The molecular weight excluding hydrogens is 178 g/mol. The summed E-state index contributed by atoms with van der Waals surface area (Å²) in [5.74, 6) is 0. The fourth-order valence-electron chi connectivity index (χ4n) is 2.14. The molecule has 1 fully saturated rings. The van der Waals surface area contributed by atoms with Crippen molar-refractivity contribution in [1.82, 2.24) is 5.06 Å². The van der Waals surface area contributed by atoms with Crippen LogP contribution in [0.5, 0.6) is 0 Å². The van der Waals surface area contributed by atoms with Gasteiger partial charge in [-0.2, -0.15) is 5.06 Å². The fourth-order valence-corrected chi connectivity index (χ4v) is 2.14. The Morgan fingerprint density at radius 1 is 1.64 bits per heavy atom. The van der Waals surface area contributed by atoms with Gasteiger partial charge in [-0.25, -0.2) is 0 Å². The second-order valence-corrected chi connectivity index (χ2v) is 4.15. The lowest BCUT2D eigenvalue weighted by molar-refractivity contribution is -0.257. The van der Waals surface area contributed by atoms with Gasteiger partial charge in [-0.05, 0) is 25.7 Å². The zero-order chi connectivity index (χ0) is 10.6. The Kier molecular flexibility index (Phi) is 4.11. The Labute approximate surface area is 86.3 Å². The van der Waals surface area contributed by atoms with Crippen LogP contribution < -0.4 is 0 Å². The quantitative estimate of drug-likeness (QED) is 0.403.